The van der Waals surface area contributed by atoms with Crippen LogP contribution in [0.2, 0.25) is 0 Å². The number of benzene rings is 2. The van der Waals surface area contributed by atoms with Gasteiger partial charge in [-0.15, -0.1) is 0 Å². The van der Waals surface area contributed by atoms with Crippen molar-refractivity contribution in [1.29, 1.82) is 0 Å². The number of amides is 2. The maximum Gasteiger partial charge on any atom is 0.225 e. The van der Waals surface area contributed by atoms with Crippen LogP contribution in [0.3, 0.4) is 0 Å². The van der Waals surface area contributed by atoms with Gasteiger partial charge in [-0.2, -0.15) is 0 Å². The average molecular weight is 471 g/mol. The van der Waals surface area contributed by atoms with Crippen LogP contribution in [0.15, 0.2) is 60.7 Å². The van der Waals surface area contributed by atoms with Crippen molar-refractivity contribution in [3.8, 4) is 0 Å². The highest BCUT2D eigenvalue weighted by Gasteiger charge is 2.31. The molecule has 6 atom stereocenters. The molecule has 8 nitrogen and oxygen atoms in total. The summed E-state index contributed by atoms with van der Waals surface area (Å²) >= 11 is 0. The highest BCUT2D eigenvalue weighted by atomic mass is 16.7. The first-order valence-electron chi connectivity index (χ1n) is 11.5. The molecule has 0 saturated carbocycles. The molecule has 1 aliphatic rings. The number of carbonyl (C=O) groups is 2. The van der Waals surface area contributed by atoms with Gasteiger partial charge in [0.05, 0.1) is 24.9 Å². The van der Waals surface area contributed by atoms with Crippen LogP contribution in [0.1, 0.15) is 50.0 Å². The summed E-state index contributed by atoms with van der Waals surface area (Å²) in [5.41, 5.74) is 1.73. The lowest BCUT2D eigenvalue weighted by Crippen LogP contribution is -2.45. The molecule has 0 radical (unpaired) electrons. The minimum absolute atomic E-state index is 0.0138. The van der Waals surface area contributed by atoms with E-state index in [2.05, 4.69) is 10.6 Å². The van der Waals surface area contributed by atoms with E-state index in [0.29, 0.717) is 0 Å². The largest absolute Gasteiger partial charge is 0.355 e. The van der Waals surface area contributed by atoms with E-state index in [-0.39, 0.29) is 24.7 Å². The molecule has 0 spiro atoms. The minimum atomic E-state index is -0.803. The summed E-state index contributed by atoms with van der Waals surface area (Å²) in [5.74, 6) is -0.475. The summed E-state index contributed by atoms with van der Waals surface area (Å²) in [6.45, 7) is 3.71. The third kappa shape index (κ3) is 7.11. The monoisotopic (exact) mass is 470 g/mol. The van der Waals surface area contributed by atoms with Gasteiger partial charge in [0.15, 0.2) is 12.6 Å². The van der Waals surface area contributed by atoms with Gasteiger partial charge in [-0.05, 0) is 25.0 Å². The van der Waals surface area contributed by atoms with E-state index in [4.69, 9.17) is 18.9 Å². The van der Waals surface area contributed by atoms with Crippen molar-refractivity contribution in [3.63, 3.8) is 0 Å². The molecular formula is C26H34N2O6. The summed E-state index contributed by atoms with van der Waals surface area (Å²) in [6, 6.07) is 18.2. The quantitative estimate of drug-likeness (QED) is 0.712. The molecule has 184 valence electrons. The summed E-state index contributed by atoms with van der Waals surface area (Å²) in [5, 5.41) is 5.98. The van der Waals surface area contributed by atoms with Crippen molar-refractivity contribution in [3.05, 3.63) is 71.8 Å². The Labute approximate surface area is 200 Å². The van der Waals surface area contributed by atoms with E-state index in [0.717, 1.165) is 11.1 Å². The first-order chi connectivity index (χ1) is 16.4. The Balaban J connectivity index is 1.90. The van der Waals surface area contributed by atoms with Crippen LogP contribution in [0.4, 0.5) is 0 Å². The zero-order valence-corrected chi connectivity index (χ0v) is 20.1. The van der Waals surface area contributed by atoms with Crippen molar-refractivity contribution in [2.75, 3.05) is 14.2 Å². The lowest BCUT2D eigenvalue weighted by Gasteiger charge is -2.32. The molecule has 1 fully saturated rings. The Morgan fingerprint density at radius 1 is 0.676 bits per heavy atom. The molecular weight excluding hydrogens is 436 g/mol. The van der Waals surface area contributed by atoms with Crippen LogP contribution in [0.25, 0.3) is 0 Å². The third-order valence-electron chi connectivity index (χ3n) is 5.77. The van der Waals surface area contributed by atoms with Crippen molar-refractivity contribution in [1.82, 2.24) is 10.6 Å². The standard InChI is InChI=1S/C26H34N2O6/c1-17-25(19-11-7-5-8-12-19)33-23(31-3)16-22(30)28-18(2)26(20-13-9-6-10-14-20)34-24(32-4)15-21(29)27-17/h5-14,17-18,23-26H,15-16H2,1-4H3,(H,27,29)(H,28,30)/t17-,18-,23+,24+,25-,26-/m0/s1. The number of carbonyl (C=O) groups excluding carboxylic acids is 2. The first-order valence-corrected chi connectivity index (χ1v) is 11.5. The lowest BCUT2D eigenvalue weighted by molar-refractivity contribution is -0.184. The number of nitrogens with one attached hydrogen (secondary N) is 2. The van der Waals surface area contributed by atoms with E-state index < -0.39 is 36.9 Å². The van der Waals surface area contributed by atoms with Crippen LogP contribution < -0.4 is 10.6 Å². The lowest BCUT2D eigenvalue weighted by atomic mass is 10.0. The molecule has 34 heavy (non-hydrogen) atoms. The first kappa shape index (κ1) is 25.8. The van der Waals surface area contributed by atoms with Gasteiger partial charge in [-0.1, -0.05) is 60.7 Å². The molecule has 0 unspecified atom stereocenters. The number of hydrogen-bond donors (Lipinski definition) is 2. The maximum absolute atomic E-state index is 12.9. The summed E-state index contributed by atoms with van der Waals surface area (Å²) in [4.78, 5) is 25.8. The second-order valence-corrected chi connectivity index (χ2v) is 8.39. The van der Waals surface area contributed by atoms with E-state index in [1.165, 1.54) is 14.2 Å². The molecule has 1 aliphatic heterocycles. The Hall–Kier alpha value is -2.78. The van der Waals surface area contributed by atoms with Crippen LogP contribution in [-0.4, -0.2) is 50.7 Å². The Kier molecular flexibility index (Phi) is 9.59. The fourth-order valence-electron chi connectivity index (χ4n) is 4.04. The second kappa shape index (κ2) is 12.6. The van der Waals surface area contributed by atoms with Crippen LogP contribution in [-0.2, 0) is 28.5 Å². The Morgan fingerprint density at radius 2 is 1.03 bits per heavy atom. The van der Waals surface area contributed by atoms with Crippen LogP contribution in [0, 0.1) is 0 Å². The van der Waals surface area contributed by atoms with Gasteiger partial charge < -0.3 is 29.6 Å². The van der Waals surface area contributed by atoms with E-state index in [1.807, 2.05) is 74.5 Å². The molecule has 1 saturated heterocycles. The number of ether oxygens (including phenoxy) is 4. The minimum Gasteiger partial charge on any atom is -0.355 e. The molecule has 0 aromatic heterocycles. The van der Waals surface area contributed by atoms with Gasteiger partial charge in [0.1, 0.15) is 12.2 Å². The zero-order valence-electron chi connectivity index (χ0n) is 20.1. The molecule has 8 heteroatoms. The molecule has 2 N–H and O–H groups in total. The van der Waals surface area contributed by atoms with E-state index in [1.54, 1.807) is 0 Å². The highest BCUT2D eigenvalue weighted by Crippen LogP contribution is 2.27. The average Bonchev–Trinajstić information content (AvgIpc) is 2.84. The number of hydrogen-bond acceptors (Lipinski definition) is 6. The molecule has 0 aliphatic carbocycles. The second-order valence-electron chi connectivity index (χ2n) is 8.39. The Morgan fingerprint density at radius 3 is 1.35 bits per heavy atom. The summed E-state index contributed by atoms with van der Waals surface area (Å²) in [7, 11) is 2.99. The van der Waals surface area contributed by atoms with Crippen molar-refractivity contribution in [2.45, 2.75) is 63.6 Å². The molecule has 1 heterocycles. The zero-order chi connectivity index (χ0) is 24.5. The van der Waals surface area contributed by atoms with Crippen LogP contribution in [0.5, 0.6) is 0 Å². The van der Waals surface area contributed by atoms with Gasteiger partial charge in [-0.25, -0.2) is 0 Å². The fraction of sp³-hybridized carbons (Fsp3) is 0.462. The van der Waals surface area contributed by atoms with E-state index >= 15 is 0 Å². The van der Waals surface area contributed by atoms with Gasteiger partial charge in [0.2, 0.25) is 11.8 Å². The van der Waals surface area contributed by atoms with Crippen molar-refractivity contribution >= 4 is 11.8 Å². The predicted octanol–water partition coefficient (Wildman–Crippen LogP) is 3.25. The third-order valence-corrected chi connectivity index (χ3v) is 5.77. The molecule has 2 aromatic carbocycles. The number of rotatable bonds is 4. The van der Waals surface area contributed by atoms with Gasteiger partial charge >= 0.3 is 0 Å². The topological polar surface area (TPSA) is 95.1 Å². The van der Waals surface area contributed by atoms with Crippen molar-refractivity contribution in [2.24, 2.45) is 0 Å². The maximum atomic E-state index is 12.9. The molecule has 3 rings (SSSR count). The summed E-state index contributed by atoms with van der Waals surface area (Å²) in [6.07, 6.45) is -2.69. The molecule has 0 bridgehead atoms. The highest BCUT2D eigenvalue weighted by molar-refractivity contribution is 5.77. The van der Waals surface area contributed by atoms with Gasteiger partial charge in [0.25, 0.3) is 0 Å². The van der Waals surface area contributed by atoms with Gasteiger partial charge in [0, 0.05) is 14.2 Å². The van der Waals surface area contributed by atoms with Crippen LogP contribution >= 0.6 is 0 Å². The summed E-state index contributed by atoms with van der Waals surface area (Å²) < 4.78 is 23.4. The molecule has 2 amide bonds. The van der Waals surface area contributed by atoms with Gasteiger partial charge in [-0.3, -0.25) is 9.59 Å². The smallest absolute Gasteiger partial charge is 0.225 e. The fourth-order valence-corrected chi connectivity index (χ4v) is 4.04. The SMILES string of the molecule is CO[C@H]1CC(=O)N[C@@H](C)[C@@H](c2ccccc2)O[C@@H](OC)CC(=O)N[C@@H](C)[C@@H](c2ccccc2)O1. The van der Waals surface area contributed by atoms with E-state index in [9.17, 15) is 9.59 Å². The Bertz CT molecular complexity index is 835. The normalized spacial score (nSPS) is 29.5. The number of methoxy groups -OCH3 is 2. The predicted molar refractivity (Wildman–Crippen MR) is 127 cm³/mol. The molecule has 2 aromatic rings. The van der Waals surface area contributed by atoms with Crippen molar-refractivity contribution < 1.29 is 28.5 Å².